The van der Waals surface area contributed by atoms with E-state index >= 15 is 0 Å². The van der Waals surface area contributed by atoms with Crippen molar-refractivity contribution in [2.24, 2.45) is 0 Å². The molecule has 23 heavy (non-hydrogen) atoms. The van der Waals surface area contributed by atoms with E-state index in [2.05, 4.69) is 27.6 Å². The van der Waals surface area contributed by atoms with Gasteiger partial charge in [-0.25, -0.2) is 4.98 Å². The molecule has 0 atom stereocenters. The first-order valence-corrected chi connectivity index (χ1v) is 8.65. The van der Waals surface area contributed by atoms with Crippen LogP contribution in [0.4, 0.5) is 0 Å². The average molecular weight is 312 g/mol. The summed E-state index contributed by atoms with van der Waals surface area (Å²) in [6.07, 6.45) is 6.39. The third-order valence-electron chi connectivity index (χ3n) is 5.21. The zero-order chi connectivity index (χ0) is 15.8. The van der Waals surface area contributed by atoms with E-state index in [1.807, 2.05) is 17.2 Å². The highest BCUT2D eigenvalue weighted by molar-refractivity contribution is 5.85. The van der Waals surface area contributed by atoms with E-state index in [0.29, 0.717) is 6.54 Å². The molecule has 0 spiro atoms. The molecule has 4 heterocycles. The number of pyridine rings is 1. The topological polar surface area (TPSA) is 41.4 Å². The SMILES string of the molecule is CN1CCc2c(n(CC(=O)N3CCCCC3)c3ncccc23)C1. The van der Waals surface area contributed by atoms with Gasteiger partial charge in [-0.1, -0.05) is 0 Å². The van der Waals surface area contributed by atoms with Gasteiger partial charge in [0.05, 0.1) is 0 Å². The normalized spacial score (nSPS) is 19.1. The Morgan fingerprint density at radius 3 is 2.87 bits per heavy atom. The Balaban J connectivity index is 1.71. The summed E-state index contributed by atoms with van der Waals surface area (Å²) in [5.74, 6) is 0.239. The third kappa shape index (κ3) is 2.63. The van der Waals surface area contributed by atoms with E-state index in [1.165, 1.54) is 23.1 Å². The predicted molar refractivity (Wildman–Crippen MR) is 90.2 cm³/mol. The largest absolute Gasteiger partial charge is 0.341 e. The van der Waals surface area contributed by atoms with Crippen molar-refractivity contribution in [2.75, 3.05) is 26.7 Å². The van der Waals surface area contributed by atoms with Gasteiger partial charge in [0, 0.05) is 43.5 Å². The van der Waals surface area contributed by atoms with Crippen molar-refractivity contribution in [3.05, 3.63) is 29.6 Å². The van der Waals surface area contributed by atoms with Crippen LogP contribution in [0.3, 0.4) is 0 Å². The van der Waals surface area contributed by atoms with Crippen LogP contribution in [0.5, 0.6) is 0 Å². The Morgan fingerprint density at radius 2 is 2.04 bits per heavy atom. The molecule has 5 nitrogen and oxygen atoms in total. The summed E-state index contributed by atoms with van der Waals surface area (Å²) in [4.78, 5) is 21.7. The number of nitrogens with zero attached hydrogens (tertiary/aromatic N) is 4. The van der Waals surface area contributed by atoms with E-state index < -0.39 is 0 Å². The molecule has 2 aromatic rings. The molecular formula is C18H24N4O. The Bertz CT molecular complexity index is 730. The highest BCUT2D eigenvalue weighted by atomic mass is 16.2. The zero-order valence-electron chi connectivity index (χ0n) is 13.8. The monoisotopic (exact) mass is 312 g/mol. The van der Waals surface area contributed by atoms with Crippen molar-refractivity contribution in [2.45, 2.75) is 38.8 Å². The summed E-state index contributed by atoms with van der Waals surface area (Å²) in [5.41, 5.74) is 3.63. The van der Waals surface area contributed by atoms with Crippen LogP contribution >= 0.6 is 0 Å². The number of hydrogen-bond donors (Lipinski definition) is 0. The molecule has 0 aliphatic carbocycles. The number of rotatable bonds is 2. The molecule has 2 aromatic heterocycles. The molecule has 1 fully saturated rings. The van der Waals surface area contributed by atoms with Gasteiger partial charge in [0.1, 0.15) is 12.2 Å². The number of carbonyl (C=O) groups is 1. The van der Waals surface area contributed by atoms with Crippen molar-refractivity contribution >= 4 is 16.9 Å². The molecule has 0 radical (unpaired) electrons. The molecule has 0 bridgehead atoms. The molecule has 122 valence electrons. The Labute approximate surface area is 136 Å². The summed E-state index contributed by atoms with van der Waals surface area (Å²) < 4.78 is 2.16. The van der Waals surface area contributed by atoms with Crippen LogP contribution in [-0.4, -0.2) is 51.9 Å². The third-order valence-corrected chi connectivity index (χ3v) is 5.21. The molecule has 1 amide bonds. The second-order valence-electron chi connectivity index (χ2n) is 6.82. The molecule has 2 aliphatic heterocycles. The highest BCUT2D eigenvalue weighted by Crippen LogP contribution is 2.29. The number of fused-ring (bicyclic) bond motifs is 3. The number of piperidine rings is 1. The fourth-order valence-corrected chi connectivity index (χ4v) is 3.94. The summed E-state index contributed by atoms with van der Waals surface area (Å²) in [6.45, 7) is 4.22. The molecular weight excluding hydrogens is 288 g/mol. The van der Waals surface area contributed by atoms with Gasteiger partial charge in [-0.3, -0.25) is 4.79 Å². The Morgan fingerprint density at radius 1 is 1.22 bits per heavy atom. The molecule has 0 N–H and O–H groups in total. The fraction of sp³-hybridized carbons (Fsp3) is 0.556. The first-order chi connectivity index (χ1) is 11.2. The van der Waals surface area contributed by atoms with Gasteiger partial charge in [-0.2, -0.15) is 0 Å². The molecule has 0 aromatic carbocycles. The van der Waals surface area contributed by atoms with E-state index in [0.717, 1.165) is 51.1 Å². The summed E-state index contributed by atoms with van der Waals surface area (Å²) in [5, 5.41) is 1.22. The van der Waals surface area contributed by atoms with E-state index in [4.69, 9.17) is 0 Å². The minimum Gasteiger partial charge on any atom is -0.341 e. The van der Waals surface area contributed by atoms with Gasteiger partial charge in [-0.15, -0.1) is 0 Å². The second-order valence-corrected chi connectivity index (χ2v) is 6.82. The highest BCUT2D eigenvalue weighted by Gasteiger charge is 2.25. The molecule has 5 heteroatoms. The Hall–Kier alpha value is -1.88. The quantitative estimate of drug-likeness (QED) is 0.852. The molecule has 1 saturated heterocycles. The standard InChI is InChI=1S/C18H24N4O/c1-20-11-7-14-15-6-5-8-19-18(15)22(16(14)12-20)13-17(23)21-9-3-2-4-10-21/h5-6,8H,2-4,7,9-13H2,1H3. The lowest BCUT2D eigenvalue weighted by molar-refractivity contribution is -0.132. The maximum atomic E-state index is 12.7. The van der Waals surface area contributed by atoms with E-state index in [-0.39, 0.29) is 5.91 Å². The van der Waals surface area contributed by atoms with Gasteiger partial charge in [0.25, 0.3) is 0 Å². The van der Waals surface area contributed by atoms with Crippen molar-refractivity contribution in [3.63, 3.8) is 0 Å². The molecule has 4 rings (SSSR count). The van der Waals surface area contributed by atoms with Crippen LogP contribution in [0.15, 0.2) is 18.3 Å². The lowest BCUT2D eigenvalue weighted by Crippen LogP contribution is -2.38. The predicted octanol–water partition coefficient (Wildman–Crippen LogP) is 2.04. The smallest absolute Gasteiger partial charge is 0.242 e. The van der Waals surface area contributed by atoms with Crippen molar-refractivity contribution in [1.29, 1.82) is 0 Å². The maximum absolute atomic E-state index is 12.7. The first kappa shape index (κ1) is 14.7. The van der Waals surface area contributed by atoms with Gasteiger partial charge >= 0.3 is 0 Å². The van der Waals surface area contributed by atoms with Crippen LogP contribution < -0.4 is 0 Å². The van der Waals surface area contributed by atoms with Crippen LogP contribution in [0, 0.1) is 0 Å². The minimum atomic E-state index is 0.239. The number of amides is 1. The van der Waals surface area contributed by atoms with Crippen molar-refractivity contribution in [1.82, 2.24) is 19.4 Å². The number of aromatic nitrogens is 2. The average Bonchev–Trinajstić information content (AvgIpc) is 2.89. The molecule has 2 aliphatic rings. The van der Waals surface area contributed by atoms with Gasteiger partial charge in [0.15, 0.2) is 0 Å². The van der Waals surface area contributed by atoms with Crippen molar-refractivity contribution < 1.29 is 4.79 Å². The summed E-state index contributed by atoms with van der Waals surface area (Å²) in [6, 6.07) is 4.14. The lowest BCUT2D eigenvalue weighted by atomic mass is 10.0. The molecule has 0 unspecified atom stereocenters. The summed E-state index contributed by atoms with van der Waals surface area (Å²) in [7, 11) is 2.14. The van der Waals surface area contributed by atoms with Crippen LogP contribution in [-0.2, 0) is 24.3 Å². The number of carbonyl (C=O) groups excluding carboxylic acids is 1. The maximum Gasteiger partial charge on any atom is 0.242 e. The summed E-state index contributed by atoms with van der Waals surface area (Å²) >= 11 is 0. The van der Waals surface area contributed by atoms with Crippen molar-refractivity contribution in [3.8, 4) is 0 Å². The van der Waals surface area contributed by atoms with E-state index in [1.54, 1.807) is 0 Å². The van der Waals surface area contributed by atoms with Crippen LogP contribution in [0.1, 0.15) is 30.5 Å². The number of likely N-dealkylation sites (N-methyl/N-ethyl adjacent to an activating group) is 1. The van der Waals surface area contributed by atoms with E-state index in [9.17, 15) is 4.79 Å². The second kappa shape index (κ2) is 5.96. The zero-order valence-corrected chi connectivity index (χ0v) is 13.8. The molecule has 0 saturated carbocycles. The number of likely N-dealkylation sites (tertiary alicyclic amines) is 1. The van der Waals surface area contributed by atoms with Gasteiger partial charge in [0.2, 0.25) is 5.91 Å². The number of hydrogen-bond acceptors (Lipinski definition) is 3. The van der Waals surface area contributed by atoms with Gasteiger partial charge in [-0.05, 0) is 50.4 Å². The lowest BCUT2D eigenvalue weighted by Gasteiger charge is -2.28. The fourth-order valence-electron chi connectivity index (χ4n) is 3.94. The van der Waals surface area contributed by atoms with Gasteiger partial charge < -0.3 is 14.4 Å². The first-order valence-electron chi connectivity index (χ1n) is 8.65. The minimum absolute atomic E-state index is 0.239. The van der Waals surface area contributed by atoms with Crippen LogP contribution in [0.2, 0.25) is 0 Å². The van der Waals surface area contributed by atoms with Crippen LogP contribution in [0.25, 0.3) is 11.0 Å². The Kier molecular flexibility index (Phi) is 3.81.